The van der Waals surface area contributed by atoms with Crippen LogP contribution in [0.5, 0.6) is 0 Å². The molecule has 124 valence electrons. The maximum atomic E-state index is 12.3. The number of sulfonamides is 1. The van der Waals surface area contributed by atoms with Gasteiger partial charge in [-0.1, -0.05) is 62.2 Å². The lowest BCUT2D eigenvalue weighted by molar-refractivity contribution is 0.112. The maximum absolute atomic E-state index is 12.3. The number of rotatable bonds is 10. The molecule has 1 N–H and O–H groups in total. The van der Waals surface area contributed by atoms with Crippen molar-refractivity contribution in [3.05, 3.63) is 27.7 Å². The van der Waals surface area contributed by atoms with Crippen molar-refractivity contribution in [2.75, 3.05) is 6.54 Å². The normalized spacial score (nSPS) is 11.6. The van der Waals surface area contributed by atoms with Crippen LogP contribution < -0.4 is 4.72 Å². The largest absolute Gasteiger partial charge is 0.298 e. The van der Waals surface area contributed by atoms with Crippen molar-refractivity contribution >= 4 is 39.5 Å². The zero-order chi connectivity index (χ0) is 16.6. The summed E-state index contributed by atoms with van der Waals surface area (Å²) < 4.78 is 27.0. The van der Waals surface area contributed by atoms with Crippen LogP contribution in [0.3, 0.4) is 0 Å². The van der Waals surface area contributed by atoms with E-state index in [1.807, 2.05) is 0 Å². The standard InChI is InChI=1S/C15H21Cl2NO3S/c1-2-3-4-5-6-7-8-18-22(20,21)15-10-12(16)9-14(17)13(15)11-19/h9-11,18H,2-8H2,1H3. The molecule has 0 saturated carbocycles. The molecule has 0 heterocycles. The minimum absolute atomic E-state index is 0.0300. The molecule has 1 aromatic carbocycles. The fraction of sp³-hybridized carbons (Fsp3) is 0.533. The van der Waals surface area contributed by atoms with Crippen LogP contribution >= 0.6 is 23.2 Å². The Labute approximate surface area is 142 Å². The molecule has 0 amide bonds. The van der Waals surface area contributed by atoms with Crippen molar-refractivity contribution in [3.63, 3.8) is 0 Å². The summed E-state index contributed by atoms with van der Waals surface area (Å²) in [4.78, 5) is 10.9. The van der Waals surface area contributed by atoms with Crippen molar-refractivity contribution in [2.24, 2.45) is 0 Å². The fourth-order valence-electron chi connectivity index (χ4n) is 2.09. The smallest absolute Gasteiger partial charge is 0.241 e. The van der Waals surface area contributed by atoms with Gasteiger partial charge in [-0.2, -0.15) is 0 Å². The van der Waals surface area contributed by atoms with Crippen molar-refractivity contribution in [1.29, 1.82) is 0 Å². The first-order chi connectivity index (χ1) is 10.4. The van der Waals surface area contributed by atoms with Gasteiger partial charge in [0.15, 0.2) is 6.29 Å². The molecule has 0 aliphatic heterocycles. The number of hydrogen-bond donors (Lipinski definition) is 1. The Morgan fingerprint density at radius 2 is 1.73 bits per heavy atom. The number of halogens is 2. The summed E-state index contributed by atoms with van der Waals surface area (Å²) in [6, 6.07) is 2.58. The predicted octanol–water partition coefficient (Wildman–Crippen LogP) is 4.44. The van der Waals surface area contributed by atoms with E-state index in [4.69, 9.17) is 23.2 Å². The van der Waals surface area contributed by atoms with Gasteiger partial charge in [-0.05, 0) is 18.6 Å². The molecule has 0 aliphatic rings. The van der Waals surface area contributed by atoms with E-state index in [0.29, 0.717) is 12.8 Å². The molecule has 1 rings (SSSR count). The SMILES string of the molecule is CCCCCCCCNS(=O)(=O)c1cc(Cl)cc(Cl)c1C=O. The molecular formula is C15H21Cl2NO3S. The highest BCUT2D eigenvalue weighted by Crippen LogP contribution is 2.27. The van der Waals surface area contributed by atoms with Gasteiger partial charge in [-0.3, -0.25) is 4.79 Å². The van der Waals surface area contributed by atoms with Crippen molar-refractivity contribution in [1.82, 2.24) is 4.72 Å². The molecule has 1 aromatic rings. The van der Waals surface area contributed by atoms with E-state index in [-0.39, 0.29) is 20.5 Å². The Balaban J connectivity index is 2.65. The molecule has 0 radical (unpaired) electrons. The number of hydrogen-bond acceptors (Lipinski definition) is 3. The quantitative estimate of drug-likeness (QED) is 0.492. The number of carbonyl (C=O) groups excluding carboxylic acids is 1. The Morgan fingerprint density at radius 3 is 2.36 bits per heavy atom. The lowest BCUT2D eigenvalue weighted by Gasteiger charge is -2.10. The number of unbranched alkanes of at least 4 members (excludes halogenated alkanes) is 5. The maximum Gasteiger partial charge on any atom is 0.241 e. The third-order valence-corrected chi connectivity index (χ3v) is 5.32. The molecule has 22 heavy (non-hydrogen) atoms. The highest BCUT2D eigenvalue weighted by atomic mass is 35.5. The van der Waals surface area contributed by atoms with Crippen LogP contribution in [0.4, 0.5) is 0 Å². The molecule has 0 unspecified atom stereocenters. The Bertz CT molecular complexity index is 603. The van der Waals surface area contributed by atoms with Gasteiger partial charge in [-0.15, -0.1) is 0 Å². The van der Waals surface area contributed by atoms with Crippen LogP contribution in [0, 0.1) is 0 Å². The summed E-state index contributed by atoms with van der Waals surface area (Å²) >= 11 is 11.7. The summed E-state index contributed by atoms with van der Waals surface area (Å²) in [6.45, 7) is 2.48. The molecular weight excluding hydrogens is 345 g/mol. The van der Waals surface area contributed by atoms with E-state index in [2.05, 4.69) is 11.6 Å². The summed E-state index contributed by atoms with van der Waals surface area (Å²) in [6.07, 6.45) is 6.80. The van der Waals surface area contributed by atoms with Crippen LogP contribution in [0.15, 0.2) is 17.0 Å². The third-order valence-electron chi connectivity index (χ3n) is 3.29. The minimum atomic E-state index is -3.80. The summed E-state index contributed by atoms with van der Waals surface area (Å²) in [5.41, 5.74) is -0.0680. The molecule has 0 aliphatic carbocycles. The van der Waals surface area contributed by atoms with Gasteiger partial charge < -0.3 is 0 Å². The van der Waals surface area contributed by atoms with Gasteiger partial charge in [-0.25, -0.2) is 13.1 Å². The van der Waals surface area contributed by atoms with Gasteiger partial charge in [0.25, 0.3) is 0 Å². The molecule has 0 bridgehead atoms. The van der Waals surface area contributed by atoms with Crippen molar-refractivity contribution in [3.8, 4) is 0 Å². The van der Waals surface area contributed by atoms with Gasteiger partial charge in [0.05, 0.1) is 15.5 Å². The summed E-state index contributed by atoms with van der Waals surface area (Å²) in [5, 5.41) is 0.206. The summed E-state index contributed by atoms with van der Waals surface area (Å²) in [7, 11) is -3.80. The van der Waals surface area contributed by atoms with Crippen LogP contribution in [0.1, 0.15) is 55.8 Å². The van der Waals surface area contributed by atoms with E-state index < -0.39 is 10.0 Å². The van der Waals surface area contributed by atoms with Gasteiger partial charge in [0.2, 0.25) is 10.0 Å². The highest BCUT2D eigenvalue weighted by molar-refractivity contribution is 7.89. The molecule has 0 spiro atoms. The average molecular weight is 366 g/mol. The van der Waals surface area contributed by atoms with Crippen LogP contribution in [-0.4, -0.2) is 21.2 Å². The van der Waals surface area contributed by atoms with E-state index in [1.165, 1.54) is 31.4 Å². The van der Waals surface area contributed by atoms with Gasteiger partial charge in [0, 0.05) is 11.6 Å². The van der Waals surface area contributed by atoms with E-state index in [0.717, 1.165) is 19.3 Å². The van der Waals surface area contributed by atoms with Crippen molar-refractivity contribution in [2.45, 2.75) is 50.3 Å². The topological polar surface area (TPSA) is 63.2 Å². The lowest BCUT2D eigenvalue weighted by atomic mass is 10.1. The Hall–Kier alpha value is -0.620. The summed E-state index contributed by atoms with van der Waals surface area (Å²) in [5.74, 6) is 0. The Morgan fingerprint density at radius 1 is 1.09 bits per heavy atom. The first-order valence-electron chi connectivity index (χ1n) is 7.36. The molecule has 0 atom stereocenters. The molecule has 0 aromatic heterocycles. The zero-order valence-corrected chi connectivity index (χ0v) is 14.9. The second-order valence-electron chi connectivity index (χ2n) is 5.08. The van der Waals surface area contributed by atoms with Crippen LogP contribution in [0.25, 0.3) is 0 Å². The highest BCUT2D eigenvalue weighted by Gasteiger charge is 2.21. The number of aldehydes is 1. The zero-order valence-electron chi connectivity index (χ0n) is 12.6. The van der Waals surface area contributed by atoms with E-state index in [9.17, 15) is 13.2 Å². The van der Waals surface area contributed by atoms with Crippen LogP contribution in [-0.2, 0) is 10.0 Å². The van der Waals surface area contributed by atoms with Gasteiger partial charge >= 0.3 is 0 Å². The van der Waals surface area contributed by atoms with E-state index in [1.54, 1.807) is 0 Å². The van der Waals surface area contributed by atoms with E-state index >= 15 is 0 Å². The molecule has 0 fully saturated rings. The fourth-order valence-corrected chi connectivity index (χ4v) is 4.04. The van der Waals surface area contributed by atoms with Crippen molar-refractivity contribution < 1.29 is 13.2 Å². The second-order valence-corrected chi connectivity index (χ2v) is 7.66. The number of benzene rings is 1. The first-order valence-corrected chi connectivity index (χ1v) is 9.60. The second kappa shape index (κ2) is 9.50. The predicted molar refractivity (Wildman–Crippen MR) is 90.4 cm³/mol. The molecule has 0 saturated heterocycles. The van der Waals surface area contributed by atoms with Crippen LogP contribution in [0.2, 0.25) is 10.0 Å². The number of carbonyl (C=O) groups is 1. The Kier molecular flexibility index (Phi) is 8.39. The molecule has 7 heteroatoms. The minimum Gasteiger partial charge on any atom is -0.298 e. The monoisotopic (exact) mass is 365 g/mol. The average Bonchev–Trinajstić information content (AvgIpc) is 2.45. The third kappa shape index (κ3) is 5.88. The first kappa shape index (κ1) is 19.4. The van der Waals surface area contributed by atoms with Gasteiger partial charge in [0.1, 0.15) is 0 Å². The number of nitrogens with one attached hydrogen (secondary N) is 1. The molecule has 4 nitrogen and oxygen atoms in total. The lowest BCUT2D eigenvalue weighted by Crippen LogP contribution is -2.26.